The third-order valence-corrected chi connectivity index (χ3v) is 4.97. The molecule has 0 saturated heterocycles. The van der Waals surface area contributed by atoms with Crippen molar-refractivity contribution in [1.82, 2.24) is 15.3 Å². The largest absolute Gasteiger partial charge is 0.477 e. The molecule has 0 unspecified atom stereocenters. The van der Waals surface area contributed by atoms with E-state index < -0.39 is 0 Å². The van der Waals surface area contributed by atoms with Gasteiger partial charge in [0.2, 0.25) is 0 Å². The number of ether oxygens (including phenoxy) is 2. The number of methoxy groups -OCH3 is 1. The molecule has 1 N–H and O–H groups in total. The van der Waals surface area contributed by atoms with Crippen LogP contribution in [0.3, 0.4) is 0 Å². The van der Waals surface area contributed by atoms with Crippen LogP contribution in [0.15, 0.2) is 51.9 Å². The third-order valence-electron chi connectivity index (χ3n) is 4.97. The van der Waals surface area contributed by atoms with Gasteiger partial charge >= 0.3 is 0 Å². The molecule has 1 aliphatic carbocycles. The van der Waals surface area contributed by atoms with Crippen LogP contribution >= 0.6 is 0 Å². The second kappa shape index (κ2) is 8.30. The van der Waals surface area contributed by atoms with Crippen molar-refractivity contribution >= 4 is 16.9 Å². The quantitative estimate of drug-likeness (QED) is 0.708. The van der Waals surface area contributed by atoms with Crippen molar-refractivity contribution in [3.63, 3.8) is 0 Å². The Kier molecular flexibility index (Phi) is 5.41. The van der Waals surface area contributed by atoms with E-state index in [-0.39, 0.29) is 29.2 Å². The maximum Gasteiger partial charge on any atom is 0.287 e. The summed E-state index contributed by atoms with van der Waals surface area (Å²) in [6, 6.07) is 8.11. The lowest BCUT2D eigenvalue weighted by Crippen LogP contribution is -2.40. The van der Waals surface area contributed by atoms with Crippen molar-refractivity contribution in [1.29, 1.82) is 0 Å². The lowest BCUT2D eigenvalue weighted by Gasteiger charge is -2.29. The molecule has 8 heteroatoms. The summed E-state index contributed by atoms with van der Waals surface area (Å²) in [7, 11) is 1.52. The molecule has 1 aromatic carbocycles. The first-order valence-corrected chi connectivity index (χ1v) is 9.49. The molecule has 2 heterocycles. The highest BCUT2D eigenvalue weighted by Crippen LogP contribution is 2.27. The standard InChI is InChI=1S/C21H21N3O5/c1-27-20-21(23-11-10-22-20)28-14-8-6-13(7-9-14)24-19(26)18-12-16(25)15-4-2-3-5-17(15)29-18/h2-5,10-14H,6-9H2,1H3,(H,24,26). The van der Waals surface area contributed by atoms with Gasteiger partial charge in [-0.3, -0.25) is 9.59 Å². The minimum absolute atomic E-state index is 0.0112. The molecule has 29 heavy (non-hydrogen) atoms. The molecule has 2 aromatic heterocycles. The van der Waals surface area contributed by atoms with Gasteiger partial charge in [0.15, 0.2) is 11.2 Å². The van der Waals surface area contributed by atoms with E-state index in [1.54, 1.807) is 36.7 Å². The molecule has 0 atom stereocenters. The molecule has 8 nitrogen and oxygen atoms in total. The third kappa shape index (κ3) is 4.21. The number of carbonyl (C=O) groups is 1. The van der Waals surface area contributed by atoms with E-state index in [0.29, 0.717) is 22.7 Å². The van der Waals surface area contributed by atoms with Crippen molar-refractivity contribution < 1.29 is 18.7 Å². The molecule has 0 bridgehead atoms. The molecule has 4 rings (SSSR count). The normalized spacial score (nSPS) is 18.9. The van der Waals surface area contributed by atoms with Gasteiger partial charge in [0.25, 0.3) is 17.7 Å². The molecule has 150 valence electrons. The molecular formula is C21H21N3O5. The summed E-state index contributed by atoms with van der Waals surface area (Å²) < 4.78 is 16.7. The Morgan fingerprint density at radius 1 is 1.10 bits per heavy atom. The van der Waals surface area contributed by atoms with E-state index in [1.807, 2.05) is 0 Å². The Morgan fingerprint density at radius 2 is 1.83 bits per heavy atom. The highest BCUT2D eigenvalue weighted by molar-refractivity contribution is 5.93. The Labute approximate surface area is 166 Å². The highest BCUT2D eigenvalue weighted by Gasteiger charge is 2.26. The van der Waals surface area contributed by atoms with Crippen LogP contribution in [0.2, 0.25) is 0 Å². The van der Waals surface area contributed by atoms with Crippen LogP contribution in [0.5, 0.6) is 11.8 Å². The average molecular weight is 395 g/mol. The van der Waals surface area contributed by atoms with Crippen LogP contribution in [-0.2, 0) is 0 Å². The van der Waals surface area contributed by atoms with Crippen molar-refractivity contribution in [3.8, 4) is 11.8 Å². The number of nitrogens with one attached hydrogen (secondary N) is 1. The number of carbonyl (C=O) groups excluding carboxylic acids is 1. The predicted molar refractivity (Wildman–Crippen MR) is 105 cm³/mol. The fourth-order valence-corrected chi connectivity index (χ4v) is 3.49. The van der Waals surface area contributed by atoms with Crippen molar-refractivity contribution in [2.24, 2.45) is 0 Å². The zero-order valence-electron chi connectivity index (χ0n) is 16.0. The van der Waals surface area contributed by atoms with Gasteiger partial charge in [0.1, 0.15) is 11.7 Å². The molecule has 3 aromatic rings. The minimum Gasteiger partial charge on any atom is -0.477 e. The van der Waals surface area contributed by atoms with E-state index in [4.69, 9.17) is 13.9 Å². The first kappa shape index (κ1) is 18.9. The molecule has 1 saturated carbocycles. The van der Waals surface area contributed by atoms with Gasteiger partial charge in [-0.1, -0.05) is 12.1 Å². The summed E-state index contributed by atoms with van der Waals surface area (Å²) in [5, 5.41) is 3.41. The molecule has 1 fully saturated rings. The molecule has 1 amide bonds. The van der Waals surface area contributed by atoms with Crippen LogP contribution < -0.4 is 20.2 Å². The smallest absolute Gasteiger partial charge is 0.287 e. The topological polar surface area (TPSA) is 104 Å². The van der Waals surface area contributed by atoms with Crippen LogP contribution in [0, 0.1) is 0 Å². The Hall–Kier alpha value is -3.42. The zero-order valence-corrected chi connectivity index (χ0v) is 16.0. The van der Waals surface area contributed by atoms with E-state index >= 15 is 0 Å². The van der Waals surface area contributed by atoms with Gasteiger partial charge in [-0.25, -0.2) is 9.97 Å². The Balaban J connectivity index is 1.36. The van der Waals surface area contributed by atoms with E-state index in [2.05, 4.69) is 15.3 Å². The van der Waals surface area contributed by atoms with Crippen LogP contribution in [0.25, 0.3) is 11.0 Å². The summed E-state index contributed by atoms with van der Waals surface area (Å²) in [4.78, 5) is 33.0. The van der Waals surface area contributed by atoms with Crippen molar-refractivity contribution in [2.45, 2.75) is 37.8 Å². The summed E-state index contributed by atoms with van der Waals surface area (Å²) in [6.07, 6.45) is 6.09. The number of rotatable bonds is 5. The molecule has 0 spiro atoms. The van der Waals surface area contributed by atoms with Crippen molar-refractivity contribution in [2.75, 3.05) is 7.11 Å². The Bertz CT molecular complexity index is 1070. The number of hydrogen-bond acceptors (Lipinski definition) is 7. The number of amides is 1. The van der Waals surface area contributed by atoms with Gasteiger partial charge in [-0.2, -0.15) is 0 Å². The van der Waals surface area contributed by atoms with Gasteiger partial charge in [-0.15, -0.1) is 0 Å². The first-order valence-electron chi connectivity index (χ1n) is 9.49. The van der Waals surface area contributed by atoms with Crippen LogP contribution in [0.4, 0.5) is 0 Å². The van der Waals surface area contributed by atoms with E-state index in [1.165, 1.54) is 13.2 Å². The predicted octanol–water partition coefficient (Wildman–Crippen LogP) is 2.71. The fourth-order valence-electron chi connectivity index (χ4n) is 3.49. The maximum absolute atomic E-state index is 12.6. The van der Waals surface area contributed by atoms with Crippen LogP contribution in [-0.4, -0.2) is 35.1 Å². The summed E-state index contributed by atoms with van der Waals surface area (Å²) in [5.41, 5.74) is 0.173. The number of hydrogen-bond donors (Lipinski definition) is 1. The number of para-hydroxylation sites is 1. The monoisotopic (exact) mass is 395 g/mol. The minimum atomic E-state index is -0.382. The lowest BCUT2D eigenvalue weighted by molar-refractivity contribution is 0.0860. The maximum atomic E-state index is 12.6. The number of fused-ring (bicyclic) bond motifs is 1. The molecule has 1 aliphatic rings. The number of benzene rings is 1. The summed E-state index contributed by atoms with van der Waals surface area (Å²) in [5.74, 6) is 0.374. The number of nitrogens with zero attached hydrogens (tertiary/aromatic N) is 2. The first-order chi connectivity index (χ1) is 14.1. The highest BCUT2D eigenvalue weighted by atomic mass is 16.5. The molecular weight excluding hydrogens is 374 g/mol. The summed E-state index contributed by atoms with van der Waals surface area (Å²) in [6.45, 7) is 0. The second-order valence-electron chi connectivity index (χ2n) is 6.91. The van der Waals surface area contributed by atoms with Gasteiger partial charge in [0, 0.05) is 24.5 Å². The van der Waals surface area contributed by atoms with E-state index in [9.17, 15) is 9.59 Å². The van der Waals surface area contributed by atoms with Crippen molar-refractivity contribution in [3.05, 3.63) is 58.7 Å². The fraction of sp³-hybridized carbons (Fsp3) is 0.333. The summed E-state index contributed by atoms with van der Waals surface area (Å²) >= 11 is 0. The van der Waals surface area contributed by atoms with Gasteiger partial charge in [-0.05, 0) is 37.8 Å². The SMILES string of the molecule is COc1nccnc1OC1CCC(NC(=O)c2cc(=O)c3ccccc3o2)CC1. The molecule has 0 radical (unpaired) electrons. The average Bonchev–Trinajstić information content (AvgIpc) is 2.75. The van der Waals surface area contributed by atoms with Crippen LogP contribution in [0.1, 0.15) is 36.2 Å². The second-order valence-corrected chi connectivity index (χ2v) is 6.91. The number of aromatic nitrogens is 2. The zero-order chi connectivity index (χ0) is 20.2. The lowest BCUT2D eigenvalue weighted by atomic mass is 9.93. The Morgan fingerprint density at radius 3 is 2.59 bits per heavy atom. The molecule has 0 aliphatic heterocycles. The van der Waals surface area contributed by atoms with E-state index in [0.717, 1.165) is 25.7 Å². The van der Waals surface area contributed by atoms with Gasteiger partial charge in [0.05, 0.1) is 12.5 Å². The van der Waals surface area contributed by atoms with Gasteiger partial charge < -0.3 is 19.2 Å².